The number of anilines is 1. The normalized spacial score (nSPS) is 16.0. The third kappa shape index (κ3) is 3.67. The van der Waals surface area contributed by atoms with Crippen molar-refractivity contribution in [1.29, 1.82) is 0 Å². The van der Waals surface area contributed by atoms with E-state index in [2.05, 4.69) is 0 Å². The van der Waals surface area contributed by atoms with Gasteiger partial charge >= 0.3 is 0 Å². The van der Waals surface area contributed by atoms with Crippen LogP contribution in [-0.2, 0) is 10.0 Å². The van der Waals surface area contributed by atoms with Crippen LogP contribution in [0.25, 0.3) is 0 Å². The maximum Gasteiger partial charge on any atom is 0.243 e. The number of carboxylic acids is 1. The number of rotatable bonds is 4. The lowest BCUT2D eigenvalue weighted by molar-refractivity contribution is -0.255. The van der Waals surface area contributed by atoms with E-state index < -0.39 is 16.0 Å². The summed E-state index contributed by atoms with van der Waals surface area (Å²) in [5.74, 6) is -1.22. The number of piperazine rings is 1. The smallest absolute Gasteiger partial charge is 0.243 e. The molecule has 1 fully saturated rings. The maximum absolute atomic E-state index is 12.7. The highest BCUT2D eigenvalue weighted by atomic mass is 32.2. The Morgan fingerprint density at radius 1 is 1.00 bits per heavy atom. The summed E-state index contributed by atoms with van der Waals surface area (Å²) in [6.45, 7) is 3.62. The summed E-state index contributed by atoms with van der Waals surface area (Å²) in [5, 5.41) is 11.0. The molecule has 1 aliphatic heterocycles. The van der Waals surface area contributed by atoms with Gasteiger partial charge in [0.15, 0.2) is 0 Å². The van der Waals surface area contributed by atoms with Crippen LogP contribution in [0.15, 0.2) is 53.4 Å². The van der Waals surface area contributed by atoms with Gasteiger partial charge in [0.2, 0.25) is 10.0 Å². The monoisotopic (exact) mass is 359 g/mol. The van der Waals surface area contributed by atoms with Crippen molar-refractivity contribution < 1.29 is 18.3 Å². The van der Waals surface area contributed by atoms with Crippen molar-refractivity contribution in [3.8, 4) is 0 Å². The molecule has 6 nitrogen and oxygen atoms in total. The molecule has 0 aromatic heterocycles. The van der Waals surface area contributed by atoms with Crippen molar-refractivity contribution in [2.45, 2.75) is 11.8 Å². The third-order valence-electron chi connectivity index (χ3n) is 4.34. The molecule has 0 unspecified atom stereocenters. The Morgan fingerprint density at radius 3 is 2.24 bits per heavy atom. The Balaban J connectivity index is 1.72. The molecule has 7 heteroatoms. The Kier molecular flexibility index (Phi) is 4.78. The lowest BCUT2D eigenvalue weighted by atomic mass is 10.2. The lowest BCUT2D eigenvalue weighted by Gasteiger charge is -2.35. The lowest BCUT2D eigenvalue weighted by Crippen LogP contribution is -2.48. The van der Waals surface area contributed by atoms with E-state index in [4.69, 9.17) is 0 Å². The summed E-state index contributed by atoms with van der Waals surface area (Å²) in [4.78, 5) is 13.3. The van der Waals surface area contributed by atoms with Crippen LogP contribution in [0.3, 0.4) is 0 Å². The number of carboxylic acid groups (broad SMARTS) is 1. The van der Waals surface area contributed by atoms with E-state index in [1.54, 1.807) is 36.4 Å². The topological polar surface area (TPSA) is 80.8 Å². The molecular weight excluding hydrogens is 340 g/mol. The quantitative estimate of drug-likeness (QED) is 0.809. The average molecular weight is 359 g/mol. The van der Waals surface area contributed by atoms with Gasteiger partial charge in [-0.3, -0.25) is 0 Å². The molecule has 1 heterocycles. The fourth-order valence-electron chi connectivity index (χ4n) is 2.88. The Hall–Kier alpha value is -2.38. The Labute approximate surface area is 147 Å². The molecule has 2 aromatic carbocycles. The number of nitrogens with zero attached hydrogens (tertiary/aromatic N) is 2. The number of aryl methyl sites for hydroxylation is 1. The molecule has 25 heavy (non-hydrogen) atoms. The zero-order valence-electron chi connectivity index (χ0n) is 13.9. The second kappa shape index (κ2) is 6.85. The van der Waals surface area contributed by atoms with Crippen LogP contribution >= 0.6 is 0 Å². The number of carbonyl (C=O) groups is 1. The fraction of sp³-hybridized carbons (Fsp3) is 0.278. The third-order valence-corrected chi connectivity index (χ3v) is 6.26. The van der Waals surface area contributed by atoms with E-state index in [0.29, 0.717) is 31.1 Å². The molecule has 0 amide bonds. The second-order valence-electron chi connectivity index (χ2n) is 6.04. The van der Waals surface area contributed by atoms with Crippen molar-refractivity contribution in [2.24, 2.45) is 0 Å². The fourth-order valence-corrected chi connectivity index (χ4v) is 4.30. The van der Waals surface area contributed by atoms with E-state index in [1.807, 2.05) is 17.9 Å². The minimum Gasteiger partial charge on any atom is -0.545 e. The standard InChI is InChI=1S/C18H20N2O4S/c1-14-5-7-17(8-6-14)25(23,24)20-11-9-19(10-12-20)16-4-2-3-15(13-16)18(21)22/h2-8,13H,9-12H2,1H3,(H,21,22)/p-1. The first-order valence-electron chi connectivity index (χ1n) is 8.01. The van der Waals surface area contributed by atoms with Crippen LogP contribution in [0.1, 0.15) is 15.9 Å². The van der Waals surface area contributed by atoms with Crippen LogP contribution in [-0.4, -0.2) is 44.9 Å². The van der Waals surface area contributed by atoms with Gasteiger partial charge in [-0.2, -0.15) is 4.31 Å². The minimum absolute atomic E-state index is 0.118. The number of hydrogen-bond acceptors (Lipinski definition) is 5. The SMILES string of the molecule is Cc1ccc(S(=O)(=O)N2CCN(c3cccc(C(=O)[O-])c3)CC2)cc1. The molecule has 1 aliphatic rings. The molecule has 0 bridgehead atoms. The highest BCUT2D eigenvalue weighted by Gasteiger charge is 2.28. The van der Waals surface area contributed by atoms with Gasteiger partial charge in [0, 0.05) is 31.9 Å². The van der Waals surface area contributed by atoms with E-state index >= 15 is 0 Å². The van der Waals surface area contributed by atoms with E-state index in [9.17, 15) is 18.3 Å². The van der Waals surface area contributed by atoms with Gasteiger partial charge in [-0.05, 0) is 36.8 Å². The minimum atomic E-state index is -3.50. The largest absolute Gasteiger partial charge is 0.545 e. The molecule has 0 aliphatic carbocycles. The van der Waals surface area contributed by atoms with Gasteiger partial charge in [0.1, 0.15) is 0 Å². The molecule has 0 spiro atoms. The van der Waals surface area contributed by atoms with E-state index in [0.717, 1.165) is 11.3 Å². The number of aromatic carboxylic acids is 1. The van der Waals surface area contributed by atoms with Crippen LogP contribution in [0.5, 0.6) is 0 Å². The summed E-state index contributed by atoms with van der Waals surface area (Å²) in [7, 11) is -3.50. The second-order valence-corrected chi connectivity index (χ2v) is 7.98. The van der Waals surface area contributed by atoms with Crippen molar-refractivity contribution in [1.82, 2.24) is 4.31 Å². The van der Waals surface area contributed by atoms with Crippen molar-refractivity contribution in [2.75, 3.05) is 31.1 Å². The summed E-state index contributed by atoms with van der Waals surface area (Å²) in [6, 6.07) is 13.3. The van der Waals surface area contributed by atoms with Crippen LogP contribution < -0.4 is 10.0 Å². The zero-order valence-corrected chi connectivity index (χ0v) is 14.7. The molecule has 0 atom stereocenters. The maximum atomic E-state index is 12.7. The summed E-state index contributed by atoms with van der Waals surface area (Å²) >= 11 is 0. The number of sulfonamides is 1. The molecule has 0 radical (unpaired) electrons. The molecule has 1 saturated heterocycles. The first-order valence-corrected chi connectivity index (χ1v) is 9.45. The molecule has 0 saturated carbocycles. The number of hydrogen-bond donors (Lipinski definition) is 0. The molecule has 2 aromatic rings. The first-order chi connectivity index (χ1) is 11.9. The van der Waals surface area contributed by atoms with Crippen molar-refractivity contribution in [3.63, 3.8) is 0 Å². The number of benzene rings is 2. The van der Waals surface area contributed by atoms with E-state index in [-0.39, 0.29) is 5.56 Å². The molecule has 0 N–H and O–H groups in total. The Bertz CT molecular complexity index is 870. The molecule has 132 valence electrons. The predicted octanol–water partition coefficient (Wildman–Crippen LogP) is 0.869. The summed E-state index contributed by atoms with van der Waals surface area (Å²) in [6.07, 6.45) is 0. The van der Waals surface area contributed by atoms with E-state index in [1.165, 1.54) is 10.4 Å². The summed E-state index contributed by atoms with van der Waals surface area (Å²) in [5.41, 5.74) is 1.89. The Morgan fingerprint density at radius 2 is 1.64 bits per heavy atom. The average Bonchev–Trinajstić information content (AvgIpc) is 2.62. The van der Waals surface area contributed by atoms with Crippen molar-refractivity contribution in [3.05, 3.63) is 59.7 Å². The highest BCUT2D eigenvalue weighted by Crippen LogP contribution is 2.22. The zero-order chi connectivity index (χ0) is 18.0. The van der Waals surface area contributed by atoms with Crippen molar-refractivity contribution >= 4 is 21.7 Å². The van der Waals surface area contributed by atoms with Gasteiger partial charge in [-0.15, -0.1) is 0 Å². The van der Waals surface area contributed by atoms with Gasteiger partial charge in [-0.25, -0.2) is 8.42 Å². The van der Waals surface area contributed by atoms with Gasteiger partial charge in [0.05, 0.1) is 10.9 Å². The molecule has 3 rings (SSSR count). The number of carbonyl (C=O) groups excluding carboxylic acids is 1. The van der Waals surface area contributed by atoms with Crippen LogP contribution in [0, 0.1) is 6.92 Å². The van der Waals surface area contributed by atoms with Gasteiger partial charge < -0.3 is 14.8 Å². The highest BCUT2D eigenvalue weighted by molar-refractivity contribution is 7.89. The van der Waals surface area contributed by atoms with Gasteiger partial charge in [-0.1, -0.05) is 29.8 Å². The van der Waals surface area contributed by atoms with Crippen LogP contribution in [0.4, 0.5) is 5.69 Å². The molecular formula is C18H19N2O4S-. The van der Waals surface area contributed by atoms with Gasteiger partial charge in [0.25, 0.3) is 0 Å². The first kappa shape index (κ1) is 17.4. The van der Waals surface area contributed by atoms with Crippen LogP contribution in [0.2, 0.25) is 0 Å². The summed E-state index contributed by atoms with van der Waals surface area (Å²) < 4.78 is 26.9. The predicted molar refractivity (Wildman–Crippen MR) is 92.9 cm³/mol.